The predicted molar refractivity (Wildman–Crippen MR) is 94.0 cm³/mol. The van der Waals surface area contributed by atoms with E-state index in [2.05, 4.69) is 17.1 Å². The van der Waals surface area contributed by atoms with Gasteiger partial charge in [0, 0.05) is 32.3 Å². The van der Waals surface area contributed by atoms with Gasteiger partial charge in [0.25, 0.3) is 0 Å². The highest BCUT2D eigenvalue weighted by Gasteiger charge is 2.21. The molecule has 2 rings (SSSR count). The molecule has 1 N–H and O–H groups in total. The van der Waals surface area contributed by atoms with Crippen LogP contribution < -0.4 is 10.1 Å². The lowest BCUT2D eigenvalue weighted by atomic mass is 10.2. The molecule has 0 unspecified atom stereocenters. The quantitative estimate of drug-likeness (QED) is 0.432. The van der Waals surface area contributed by atoms with Crippen LogP contribution in [0.2, 0.25) is 0 Å². The number of guanidine groups is 1. The zero-order valence-corrected chi connectivity index (χ0v) is 14.5. The SMILES string of the molecule is CCNC(=NCc1ccccc1OC)N(C)CCOCC1CC1. The molecule has 0 bridgehead atoms. The fraction of sp³-hybridized carbons (Fsp3) is 0.611. The van der Waals surface area contributed by atoms with Crippen molar-refractivity contribution in [1.29, 1.82) is 0 Å². The molecule has 0 atom stereocenters. The third kappa shape index (κ3) is 6.10. The van der Waals surface area contributed by atoms with Crippen molar-refractivity contribution in [3.8, 4) is 5.75 Å². The highest BCUT2D eigenvalue weighted by Crippen LogP contribution is 2.28. The Morgan fingerprint density at radius 2 is 2.13 bits per heavy atom. The van der Waals surface area contributed by atoms with E-state index in [9.17, 15) is 0 Å². The molecule has 1 aliphatic rings. The van der Waals surface area contributed by atoms with Crippen LogP contribution in [0.5, 0.6) is 5.75 Å². The molecule has 0 aliphatic heterocycles. The summed E-state index contributed by atoms with van der Waals surface area (Å²) in [4.78, 5) is 6.83. The second-order valence-electron chi connectivity index (χ2n) is 5.92. The number of nitrogens with one attached hydrogen (secondary N) is 1. The van der Waals surface area contributed by atoms with Gasteiger partial charge in [0.2, 0.25) is 0 Å². The van der Waals surface area contributed by atoms with Crippen LogP contribution in [0.4, 0.5) is 0 Å². The largest absolute Gasteiger partial charge is 0.496 e. The standard InChI is InChI=1S/C18H29N3O2/c1-4-19-18(21(2)11-12-23-14-15-9-10-15)20-13-16-7-5-6-8-17(16)22-3/h5-8,15H,4,9-14H2,1-3H3,(H,19,20). The van der Waals surface area contributed by atoms with Gasteiger partial charge < -0.3 is 19.7 Å². The van der Waals surface area contributed by atoms with Crippen molar-refractivity contribution in [3.63, 3.8) is 0 Å². The van der Waals surface area contributed by atoms with Gasteiger partial charge in [0.1, 0.15) is 5.75 Å². The van der Waals surface area contributed by atoms with Crippen LogP contribution in [0.15, 0.2) is 29.3 Å². The molecule has 1 aromatic rings. The fourth-order valence-electron chi connectivity index (χ4n) is 2.31. The topological polar surface area (TPSA) is 46.1 Å². The van der Waals surface area contributed by atoms with E-state index in [0.29, 0.717) is 6.54 Å². The van der Waals surface area contributed by atoms with Crippen LogP contribution in [-0.2, 0) is 11.3 Å². The van der Waals surface area contributed by atoms with E-state index in [0.717, 1.165) is 49.5 Å². The maximum Gasteiger partial charge on any atom is 0.194 e. The first kappa shape index (κ1) is 17.6. The lowest BCUT2D eigenvalue weighted by molar-refractivity contribution is 0.115. The highest BCUT2D eigenvalue weighted by atomic mass is 16.5. The number of ether oxygens (including phenoxy) is 2. The molecule has 0 amide bonds. The molecule has 23 heavy (non-hydrogen) atoms. The second-order valence-corrected chi connectivity index (χ2v) is 5.92. The van der Waals surface area contributed by atoms with E-state index in [1.54, 1.807) is 7.11 Å². The minimum absolute atomic E-state index is 0.597. The first-order valence-corrected chi connectivity index (χ1v) is 8.43. The van der Waals surface area contributed by atoms with Crippen LogP contribution in [0, 0.1) is 5.92 Å². The van der Waals surface area contributed by atoms with Crippen LogP contribution in [0.3, 0.4) is 0 Å². The molecule has 0 radical (unpaired) electrons. The summed E-state index contributed by atoms with van der Waals surface area (Å²) >= 11 is 0. The second kappa shape index (κ2) is 9.40. The maximum absolute atomic E-state index is 5.71. The third-order valence-electron chi connectivity index (χ3n) is 3.91. The molecule has 128 valence electrons. The summed E-state index contributed by atoms with van der Waals surface area (Å²) < 4.78 is 11.1. The van der Waals surface area contributed by atoms with Gasteiger partial charge in [-0.3, -0.25) is 0 Å². The van der Waals surface area contributed by atoms with Gasteiger partial charge in [-0.1, -0.05) is 18.2 Å². The number of likely N-dealkylation sites (N-methyl/N-ethyl adjacent to an activating group) is 1. The predicted octanol–water partition coefficient (Wildman–Crippen LogP) is 2.52. The average Bonchev–Trinajstić information content (AvgIpc) is 3.39. The van der Waals surface area contributed by atoms with Gasteiger partial charge in [-0.15, -0.1) is 0 Å². The van der Waals surface area contributed by atoms with Gasteiger partial charge in [0.05, 0.1) is 20.3 Å². The summed E-state index contributed by atoms with van der Waals surface area (Å²) in [6, 6.07) is 7.99. The molecule has 0 aromatic heterocycles. The zero-order chi connectivity index (χ0) is 16.5. The Bertz CT molecular complexity index is 501. The summed E-state index contributed by atoms with van der Waals surface area (Å²) in [6.45, 7) is 6.01. The Morgan fingerprint density at radius 1 is 1.35 bits per heavy atom. The van der Waals surface area contributed by atoms with Crippen molar-refractivity contribution in [1.82, 2.24) is 10.2 Å². The smallest absolute Gasteiger partial charge is 0.194 e. The van der Waals surface area contributed by atoms with Crippen LogP contribution in [-0.4, -0.2) is 51.3 Å². The summed E-state index contributed by atoms with van der Waals surface area (Å²) in [5, 5.41) is 3.33. The number of rotatable bonds is 9. The van der Waals surface area contributed by atoms with Crippen LogP contribution in [0.1, 0.15) is 25.3 Å². The lowest BCUT2D eigenvalue weighted by Crippen LogP contribution is -2.40. The molecule has 1 aliphatic carbocycles. The normalized spacial score (nSPS) is 14.7. The van der Waals surface area contributed by atoms with Crippen molar-refractivity contribution >= 4 is 5.96 Å². The van der Waals surface area contributed by atoms with Crippen LogP contribution in [0.25, 0.3) is 0 Å². The van der Waals surface area contributed by atoms with E-state index < -0.39 is 0 Å². The summed E-state index contributed by atoms with van der Waals surface area (Å²) in [5.74, 6) is 2.59. The van der Waals surface area contributed by atoms with Crippen LogP contribution >= 0.6 is 0 Å². The Morgan fingerprint density at radius 3 is 2.83 bits per heavy atom. The van der Waals surface area contributed by atoms with Crippen molar-refractivity contribution < 1.29 is 9.47 Å². The molecule has 5 heteroatoms. The Hall–Kier alpha value is -1.75. The molecule has 0 saturated heterocycles. The lowest BCUT2D eigenvalue weighted by Gasteiger charge is -2.22. The molecule has 1 saturated carbocycles. The van der Waals surface area contributed by atoms with E-state index in [-0.39, 0.29) is 0 Å². The minimum atomic E-state index is 0.597. The van der Waals surface area contributed by atoms with Gasteiger partial charge >= 0.3 is 0 Å². The number of hydrogen-bond donors (Lipinski definition) is 1. The summed E-state index contributed by atoms with van der Waals surface area (Å²) in [6.07, 6.45) is 2.66. The first-order valence-electron chi connectivity index (χ1n) is 8.43. The maximum atomic E-state index is 5.71. The fourth-order valence-corrected chi connectivity index (χ4v) is 2.31. The monoisotopic (exact) mass is 319 g/mol. The molecule has 1 fully saturated rings. The summed E-state index contributed by atoms with van der Waals surface area (Å²) in [5.41, 5.74) is 1.09. The molecule has 1 aromatic carbocycles. The number of hydrogen-bond acceptors (Lipinski definition) is 3. The van der Waals surface area contributed by atoms with Crippen molar-refractivity contribution in [2.24, 2.45) is 10.9 Å². The zero-order valence-electron chi connectivity index (χ0n) is 14.5. The molecule has 0 spiro atoms. The molecular weight excluding hydrogens is 290 g/mol. The van der Waals surface area contributed by atoms with Gasteiger partial charge in [-0.25, -0.2) is 4.99 Å². The number of para-hydroxylation sites is 1. The summed E-state index contributed by atoms with van der Waals surface area (Å²) in [7, 11) is 3.74. The average molecular weight is 319 g/mol. The Kier molecular flexibility index (Phi) is 7.20. The van der Waals surface area contributed by atoms with Gasteiger partial charge in [-0.05, 0) is 31.7 Å². The Labute approximate surface area is 139 Å². The molecule has 0 heterocycles. The first-order chi connectivity index (χ1) is 11.2. The molecular formula is C18H29N3O2. The van der Waals surface area contributed by atoms with E-state index >= 15 is 0 Å². The number of aliphatic imine (C=N–C) groups is 1. The van der Waals surface area contributed by atoms with E-state index in [1.807, 2.05) is 31.3 Å². The van der Waals surface area contributed by atoms with Gasteiger partial charge in [-0.2, -0.15) is 0 Å². The molecule has 5 nitrogen and oxygen atoms in total. The number of nitrogens with zero attached hydrogens (tertiary/aromatic N) is 2. The third-order valence-corrected chi connectivity index (χ3v) is 3.91. The minimum Gasteiger partial charge on any atom is -0.496 e. The van der Waals surface area contributed by atoms with Gasteiger partial charge in [0.15, 0.2) is 5.96 Å². The van der Waals surface area contributed by atoms with Crippen molar-refractivity contribution in [2.45, 2.75) is 26.3 Å². The number of methoxy groups -OCH3 is 1. The van der Waals surface area contributed by atoms with Crippen molar-refractivity contribution in [3.05, 3.63) is 29.8 Å². The van der Waals surface area contributed by atoms with Crippen molar-refractivity contribution in [2.75, 3.05) is 40.5 Å². The number of benzene rings is 1. The Balaban J connectivity index is 1.86. The van der Waals surface area contributed by atoms with E-state index in [4.69, 9.17) is 14.5 Å². The van der Waals surface area contributed by atoms with E-state index in [1.165, 1.54) is 12.8 Å². The highest BCUT2D eigenvalue weighted by molar-refractivity contribution is 5.79.